The fraction of sp³-hybridized carbons (Fsp3) is 0.350. The molecule has 0 aromatic heterocycles. The van der Waals surface area contributed by atoms with Gasteiger partial charge in [-0.25, -0.2) is 8.42 Å². The van der Waals surface area contributed by atoms with Crippen LogP contribution >= 0.6 is 11.6 Å². The number of nitrogens with zero attached hydrogens (tertiary/aromatic N) is 1. The third-order valence-corrected chi connectivity index (χ3v) is 6.78. The first-order chi connectivity index (χ1) is 13.4. The van der Waals surface area contributed by atoms with E-state index in [0.29, 0.717) is 37.6 Å². The fourth-order valence-corrected chi connectivity index (χ4v) is 5.03. The number of nitrogens with one attached hydrogen (secondary N) is 1. The summed E-state index contributed by atoms with van der Waals surface area (Å²) in [6.07, 6.45) is 1.14. The van der Waals surface area contributed by atoms with Crippen LogP contribution in [0.2, 0.25) is 5.02 Å². The molecular weight excluding hydrogens is 400 g/mol. The molecule has 28 heavy (non-hydrogen) atoms. The number of rotatable bonds is 7. The topological polar surface area (TPSA) is 75.7 Å². The van der Waals surface area contributed by atoms with Gasteiger partial charge in [-0.3, -0.25) is 4.79 Å². The molecular formula is C20H23ClN2O4S. The van der Waals surface area contributed by atoms with E-state index in [2.05, 4.69) is 5.32 Å². The van der Waals surface area contributed by atoms with Gasteiger partial charge in [-0.2, -0.15) is 4.31 Å². The molecule has 0 spiro atoms. The standard InChI is InChI=1S/C20H23ClN2O4S/c1-2-27-17-6-3-5-15(13-17)14-22-20(24)19-7-4-12-23(19)28(25,26)18-10-8-16(21)9-11-18/h3,5-6,8-11,13,19H,2,4,7,12,14H2,1H3,(H,22,24)/t19-/m0/s1. The Morgan fingerprint density at radius 1 is 1.25 bits per heavy atom. The van der Waals surface area contributed by atoms with Crippen LogP contribution in [0.1, 0.15) is 25.3 Å². The van der Waals surface area contributed by atoms with Gasteiger partial charge in [0.25, 0.3) is 0 Å². The highest BCUT2D eigenvalue weighted by Gasteiger charge is 2.39. The van der Waals surface area contributed by atoms with Crippen molar-refractivity contribution in [3.63, 3.8) is 0 Å². The van der Waals surface area contributed by atoms with Crippen molar-refractivity contribution in [2.75, 3.05) is 13.2 Å². The molecule has 1 heterocycles. The first kappa shape index (κ1) is 20.6. The highest BCUT2D eigenvalue weighted by atomic mass is 35.5. The number of halogens is 1. The molecule has 0 aliphatic carbocycles. The van der Waals surface area contributed by atoms with Crippen LogP contribution < -0.4 is 10.1 Å². The molecule has 1 fully saturated rings. The second-order valence-electron chi connectivity index (χ2n) is 6.53. The quantitative estimate of drug-likeness (QED) is 0.743. The summed E-state index contributed by atoms with van der Waals surface area (Å²) in [5.74, 6) is 0.443. The van der Waals surface area contributed by atoms with Crippen LogP contribution in [0, 0.1) is 0 Å². The van der Waals surface area contributed by atoms with Gasteiger partial charge in [0.1, 0.15) is 11.8 Å². The number of benzene rings is 2. The molecule has 1 N–H and O–H groups in total. The van der Waals surface area contributed by atoms with Crippen molar-refractivity contribution in [1.82, 2.24) is 9.62 Å². The van der Waals surface area contributed by atoms with E-state index in [0.717, 1.165) is 11.3 Å². The third-order valence-electron chi connectivity index (χ3n) is 4.60. The molecule has 1 atom stereocenters. The Hall–Kier alpha value is -2.09. The molecule has 0 saturated carbocycles. The molecule has 1 saturated heterocycles. The van der Waals surface area contributed by atoms with Crippen LogP contribution in [0.4, 0.5) is 0 Å². The average Bonchev–Trinajstić information content (AvgIpc) is 3.18. The lowest BCUT2D eigenvalue weighted by molar-refractivity contribution is -0.124. The third kappa shape index (κ3) is 4.66. The van der Waals surface area contributed by atoms with E-state index in [9.17, 15) is 13.2 Å². The Labute approximate surface area is 170 Å². The molecule has 8 heteroatoms. The number of carbonyl (C=O) groups excluding carboxylic acids is 1. The lowest BCUT2D eigenvalue weighted by atomic mass is 10.2. The molecule has 150 valence electrons. The molecule has 1 amide bonds. The van der Waals surface area contributed by atoms with Gasteiger partial charge in [-0.15, -0.1) is 0 Å². The maximum atomic E-state index is 12.9. The average molecular weight is 423 g/mol. The van der Waals surface area contributed by atoms with Crippen LogP contribution in [0.25, 0.3) is 0 Å². The Balaban J connectivity index is 1.69. The van der Waals surface area contributed by atoms with Crippen molar-refractivity contribution in [3.8, 4) is 5.75 Å². The summed E-state index contributed by atoms with van der Waals surface area (Å²) >= 11 is 5.85. The number of sulfonamides is 1. The SMILES string of the molecule is CCOc1cccc(CNC(=O)[C@@H]2CCCN2S(=O)(=O)c2ccc(Cl)cc2)c1. The Kier molecular flexibility index (Phi) is 6.59. The Bertz CT molecular complexity index is 931. The van der Waals surface area contributed by atoms with E-state index in [1.165, 1.54) is 28.6 Å². The predicted molar refractivity (Wildman–Crippen MR) is 108 cm³/mol. The maximum absolute atomic E-state index is 12.9. The molecule has 0 unspecified atom stereocenters. The predicted octanol–water partition coefficient (Wildman–Crippen LogP) is 3.21. The van der Waals surface area contributed by atoms with Gasteiger partial charge in [0.15, 0.2) is 0 Å². The fourth-order valence-electron chi connectivity index (χ4n) is 3.25. The van der Waals surface area contributed by atoms with Crippen molar-refractivity contribution in [2.45, 2.75) is 37.2 Å². The largest absolute Gasteiger partial charge is 0.494 e. The minimum Gasteiger partial charge on any atom is -0.494 e. The molecule has 2 aromatic carbocycles. The summed E-state index contributed by atoms with van der Waals surface area (Å²) in [5.41, 5.74) is 0.893. The van der Waals surface area contributed by atoms with Gasteiger partial charge in [-0.05, 0) is 61.7 Å². The van der Waals surface area contributed by atoms with Gasteiger partial charge >= 0.3 is 0 Å². The second-order valence-corrected chi connectivity index (χ2v) is 8.85. The molecule has 1 aliphatic heterocycles. The van der Waals surface area contributed by atoms with Gasteiger partial charge in [-0.1, -0.05) is 23.7 Å². The number of hydrogen-bond donors (Lipinski definition) is 1. The number of hydrogen-bond acceptors (Lipinski definition) is 4. The number of ether oxygens (including phenoxy) is 1. The molecule has 1 aliphatic rings. The minimum absolute atomic E-state index is 0.140. The minimum atomic E-state index is -3.75. The van der Waals surface area contributed by atoms with Crippen LogP contribution in [-0.2, 0) is 21.4 Å². The smallest absolute Gasteiger partial charge is 0.243 e. The molecule has 6 nitrogen and oxygen atoms in total. The molecule has 2 aromatic rings. The van der Waals surface area contributed by atoms with Crippen LogP contribution in [-0.4, -0.2) is 37.8 Å². The highest BCUT2D eigenvalue weighted by molar-refractivity contribution is 7.89. The van der Waals surface area contributed by atoms with E-state index >= 15 is 0 Å². The zero-order chi connectivity index (χ0) is 20.1. The van der Waals surface area contributed by atoms with E-state index in [1.807, 2.05) is 31.2 Å². The summed E-state index contributed by atoms with van der Waals surface area (Å²) in [6, 6.07) is 12.7. The van der Waals surface area contributed by atoms with E-state index in [1.54, 1.807) is 0 Å². The van der Waals surface area contributed by atoms with E-state index < -0.39 is 16.1 Å². The van der Waals surface area contributed by atoms with Crippen molar-refractivity contribution >= 4 is 27.5 Å². The van der Waals surface area contributed by atoms with Crippen molar-refractivity contribution in [3.05, 3.63) is 59.1 Å². The van der Waals surface area contributed by atoms with Crippen LogP contribution in [0.3, 0.4) is 0 Å². The summed E-state index contributed by atoms with van der Waals surface area (Å²) in [6.45, 7) is 3.10. The summed E-state index contributed by atoms with van der Waals surface area (Å²) in [5, 5.41) is 3.31. The molecule has 0 bridgehead atoms. The highest BCUT2D eigenvalue weighted by Crippen LogP contribution is 2.27. The van der Waals surface area contributed by atoms with Gasteiger partial charge in [0, 0.05) is 18.1 Å². The maximum Gasteiger partial charge on any atom is 0.243 e. The molecule has 3 rings (SSSR count). The summed E-state index contributed by atoms with van der Waals surface area (Å²) in [7, 11) is -3.75. The van der Waals surface area contributed by atoms with Gasteiger partial charge in [0.05, 0.1) is 11.5 Å². The Morgan fingerprint density at radius 2 is 2.00 bits per heavy atom. The summed E-state index contributed by atoms with van der Waals surface area (Å²) < 4.78 is 32.6. The molecule has 0 radical (unpaired) electrons. The van der Waals surface area contributed by atoms with Crippen LogP contribution in [0.15, 0.2) is 53.4 Å². The zero-order valence-corrected chi connectivity index (χ0v) is 17.2. The van der Waals surface area contributed by atoms with Crippen molar-refractivity contribution in [1.29, 1.82) is 0 Å². The number of amides is 1. The Morgan fingerprint density at radius 3 is 2.71 bits per heavy atom. The normalized spacial score (nSPS) is 17.4. The van der Waals surface area contributed by atoms with Gasteiger partial charge < -0.3 is 10.1 Å². The lowest BCUT2D eigenvalue weighted by Gasteiger charge is -2.23. The van der Waals surface area contributed by atoms with Crippen molar-refractivity contribution < 1.29 is 17.9 Å². The zero-order valence-electron chi connectivity index (χ0n) is 15.6. The van der Waals surface area contributed by atoms with E-state index in [-0.39, 0.29) is 10.8 Å². The number of carbonyl (C=O) groups is 1. The summed E-state index contributed by atoms with van der Waals surface area (Å²) in [4.78, 5) is 12.8. The van der Waals surface area contributed by atoms with Crippen molar-refractivity contribution in [2.24, 2.45) is 0 Å². The second kappa shape index (κ2) is 8.94. The lowest BCUT2D eigenvalue weighted by Crippen LogP contribution is -2.45. The first-order valence-electron chi connectivity index (χ1n) is 9.18. The van der Waals surface area contributed by atoms with E-state index in [4.69, 9.17) is 16.3 Å². The monoisotopic (exact) mass is 422 g/mol. The van der Waals surface area contributed by atoms with Crippen LogP contribution in [0.5, 0.6) is 5.75 Å². The first-order valence-corrected chi connectivity index (χ1v) is 11.0. The van der Waals surface area contributed by atoms with Gasteiger partial charge in [0.2, 0.25) is 15.9 Å².